The van der Waals surface area contributed by atoms with Gasteiger partial charge in [-0.25, -0.2) is 4.39 Å². The number of anilines is 1. The van der Waals surface area contributed by atoms with Crippen LogP contribution in [-0.2, 0) is 0 Å². The van der Waals surface area contributed by atoms with Crippen molar-refractivity contribution in [2.45, 2.75) is 6.92 Å². The fourth-order valence-corrected chi connectivity index (χ4v) is 2.72. The summed E-state index contributed by atoms with van der Waals surface area (Å²) in [6.07, 6.45) is 1.77. The molecule has 0 aliphatic carbocycles. The normalized spacial score (nSPS) is 10.8. The Balaban J connectivity index is 1.71. The molecule has 1 amide bonds. The second-order valence-electron chi connectivity index (χ2n) is 5.97. The summed E-state index contributed by atoms with van der Waals surface area (Å²) in [4.78, 5) is 12.7. The SMILES string of the molecule is Cc1ccc(NC(=O)c2cccn3c(-c4ccc(F)cc4)nnc23)cc1. The third kappa shape index (κ3) is 2.93. The van der Waals surface area contributed by atoms with Gasteiger partial charge in [0, 0.05) is 17.4 Å². The minimum Gasteiger partial charge on any atom is -0.322 e. The number of pyridine rings is 1. The van der Waals surface area contributed by atoms with Gasteiger partial charge in [0.1, 0.15) is 5.82 Å². The first-order chi connectivity index (χ1) is 12.6. The number of benzene rings is 2. The van der Waals surface area contributed by atoms with Crippen molar-refractivity contribution in [2.24, 2.45) is 0 Å². The van der Waals surface area contributed by atoms with Crippen molar-refractivity contribution < 1.29 is 9.18 Å². The van der Waals surface area contributed by atoms with Crippen LogP contribution in [0.1, 0.15) is 15.9 Å². The molecule has 0 radical (unpaired) electrons. The Hall–Kier alpha value is -3.54. The Morgan fingerprint density at radius 1 is 1.00 bits per heavy atom. The van der Waals surface area contributed by atoms with Gasteiger partial charge in [0.15, 0.2) is 11.5 Å². The maximum Gasteiger partial charge on any atom is 0.259 e. The van der Waals surface area contributed by atoms with Gasteiger partial charge in [0.2, 0.25) is 0 Å². The van der Waals surface area contributed by atoms with E-state index in [4.69, 9.17) is 0 Å². The van der Waals surface area contributed by atoms with Crippen LogP contribution in [-0.4, -0.2) is 20.5 Å². The quantitative estimate of drug-likeness (QED) is 0.608. The van der Waals surface area contributed by atoms with Crippen molar-refractivity contribution in [1.82, 2.24) is 14.6 Å². The first kappa shape index (κ1) is 16.0. The summed E-state index contributed by atoms with van der Waals surface area (Å²) in [5.41, 5.74) is 3.40. The fraction of sp³-hybridized carbons (Fsp3) is 0.0500. The van der Waals surface area contributed by atoms with Gasteiger partial charge in [0.05, 0.1) is 5.56 Å². The van der Waals surface area contributed by atoms with Crippen molar-refractivity contribution in [3.63, 3.8) is 0 Å². The summed E-state index contributed by atoms with van der Waals surface area (Å²) in [7, 11) is 0. The molecule has 2 heterocycles. The molecule has 2 aromatic carbocycles. The molecule has 4 rings (SSSR count). The molecule has 26 heavy (non-hydrogen) atoms. The maximum atomic E-state index is 13.1. The second kappa shape index (κ2) is 6.40. The van der Waals surface area contributed by atoms with E-state index in [2.05, 4.69) is 15.5 Å². The van der Waals surface area contributed by atoms with Crippen LogP contribution in [0.5, 0.6) is 0 Å². The minimum absolute atomic E-state index is 0.266. The number of halogens is 1. The van der Waals surface area contributed by atoms with E-state index in [-0.39, 0.29) is 11.7 Å². The summed E-state index contributed by atoms with van der Waals surface area (Å²) in [5.74, 6) is -0.0387. The van der Waals surface area contributed by atoms with Crippen LogP contribution in [0.2, 0.25) is 0 Å². The van der Waals surface area contributed by atoms with Gasteiger partial charge >= 0.3 is 0 Å². The van der Waals surface area contributed by atoms with E-state index in [1.54, 1.807) is 34.9 Å². The average molecular weight is 346 g/mol. The van der Waals surface area contributed by atoms with E-state index in [1.807, 2.05) is 31.2 Å². The van der Waals surface area contributed by atoms with Crippen LogP contribution in [0.25, 0.3) is 17.0 Å². The van der Waals surface area contributed by atoms with Crippen LogP contribution in [0.3, 0.4) is 0 Å². The number of aromatic nitrogens is 3. The van der Waals surface area contributed by atoms with Gasteiger partial charge in [-0.1, -0.05) is 17.7 Å². The van der Waals surface area contributed by atoms with Crippen LogP contribution < -0.4 is 5.32 Å². The molecule has 0 atom stereocenters. The molecular weight excluding hydrogens is 331 g/mol. The monoisotopic (exact) mass is 346 g/mol. The lowest BCUT2D eigenvalue weighted by Gasteiger charge is -2.07. The van der Waals surface area contributed by atoms with Crippen LogP contribution in [0.15, 0.2) is 66.9 Å². The molecule has 6 heteroatoms. The van der Waals surface area contributed by atoms with Crippen molar-refractivity contribution in [3.05, 3.63) is 83.8 Å². The molecule has 0 bridgehead atoms. The molecule has 0 fully saturated rings. The number of hydrogen-bond donors (Lipinski definition) is 1. The lowest BCUT2D eigenvalue weighted by atomic mass is 10.2. The lowest BCUT2D eigenvalue weighted by Crippen LogP contribution is -2.13. The van der Waals surface area contributed by atoms with Crippen molar-refractivity contribution in [1.29, 1.82) is 0 Å². The Kier molecular flexibility index (Phi) is 3.93. The standard InChI is InChI=1S/C20H15FN4O/c1-13-4-10-16(11-5-13)22-20(26)17-3-2-12-25-18(23-24-19(17)25)14-6-8-15(21)9-7-14/h2-12H,1H3,(H,22,26). The van der Waals surface area contributed by atoms with Gasteiger partial charge in [-0.15, -0.1) is 10.2 Å². The molecule has 0 aliphatic heterocycles. The molecule has 1 N–H and O–H groups in total. The van der Waals surface area contributed by atoms with Crippen LogP contribution in [0.4, 0.5) is 10.1 Å². The number of aryl methyl sites for hydroxylation is 1. The van der Waals surface area contributed by atoms with E-state index in [9.17, 15) is 9.18 Å². The highest BCUT2D eigenvalue weighted by atomic mass is 19.1. The van der Waals surface area contributed by atoms with Gasteiger partial charge < -0.3 is 5.32 Å². The molecule has 2 aromatic heterocycles. The van der Waals surface area contributed by atoms with E-state index >= 15 is 0 Å². The zero-order valence-electron chi connectivity index (χ0n) is 14.0. The molecule has 0 unspecified atom stereocenters. The average Bonchev–Trinajstić information content (AvgIpc) is 3.08. The number of carbonyl (C=O) groups excluding carboxylic acids is 1. The number of nitrogens with one attached hydrogen (secondary N) is 1. The molecule has 0 saturated carbocycles. The summed E-state index contributed by atoms with van der Waals surface area (Å²) < 4.78 is 14.9. The Labute approximate surface area is 149 Å². The molecular formula is C20H15FN4O. The van der Waals surface area contributed by atoms with Crippen molar-refractivity contribution in [3.8, 4) is 11.4 Å². The number of rotatable bonds is 3. The first-order valence-electron chi connectivity index (χ1n) is 8.09. The third-order valence-corrected chi connectivity index (χ3v) is 4.09. The second-order valence-corrected chi connectivity index (χ2v) is 5.97. The number of hydrogen-bond acceptors (Lipinski definition) is 3. The molecule has 128 valence electrons. The smallest absolute Gasteiger partial charge is 0.259 e. The highest BCUT2D eigenvalue weighted by Gasteiger charge is 2.16. The molecule has 0 saturated heterocycles. The van der Waals surface area contributed by atoms with Crippen LogP contribution >= 0.6 is 0 Å². The highest BCUT2D eigenvalue weighted by Crippen LogP contribution is 2.21. The third-order valence-electron chi connectivity index (χ3n) is 4.09. The number of fused-ring (bicyclic) bond motifs is 1. The van der Waals surface area contributed by atoms with E-state index in [1.165, 1.54) is 12.1 Å². The van der Waals surface area contributed by atoms with Gasteiger partial charge in [-0.2, -0.15) is 0 Å². The van der Waals surface area contributed by atoms with Crippen molar-refractivity contribution in [2.75, 3.05) is 5.32 Å². The number of nitrogens with zero attached hydrogens (tertiary/aromatic N) is 3. The number of carbonyl (C=O) groups is 1. The molecule has 0 spiro atoms. The van der Waals surface area contributed by atoms with Crippen molar-refractivity contribution >= 4 is 17.2 Å². The predicted octanol–water partition coefficient (Wildman–Crippen LogP) is 4.10. The van der Waals surface area contributed by atoms with Gasteiger partial charge in [-0.3, -0.25) is 9.20 Å². The maximum absolute atomic E-state index is 13.1. The van der Waals surface area contributed by atoms with Gasteiger partial charge in [-0.05, 0) is 55.5 Å². The summed E-state index contributed by atoms with van der Waals surface area (Å²) in [5, 5.41) is 11.2. The Morgan fingerprint density at radius 3 is 2.46 bits per heavy atom. The summed E-state index contributed by atoms with van der Waals surface area (Å²) >= 11 is 0. The highest BCUT2D eigenvalue weighted by molar-refractivity contribution is 6.08. The van der Waals surface area contributed by atoms with E-state index in [0.717, 1.165) is 11.1 Å². The van der Waals surface area contributed by atoms with Gasteiger partial charge in [0.25, 0.3) is 5.91 Å². The minimum atomic E-state index is -0.319. The molecule has 0 aliphatic rings. The zero-order chi connectivity index (χ0) is 18.1. The predicted molar refractivity (Wildman–Crippen MR) is 97.5 cm³/mol. The van der Waals surface area contributed by atoms with E-state index < -0.39 is 0 Å². The summed E-state index contributed by atoms with van der Waals surface area (Å²) in [6.45, 7) is 1.99. The lowest BCUT2D eigenvalue weighted by molar-refractivity contribution is 0.102. The van der Waals surface area contributed by atoms with E-state index in [0.29, 0.717) is 22.7 Å². The molecule has 4 aromatic rings. The topological polar surface area (TPSA) is 59.3 Å². The summed E-state index contributed by atoms with van der Waals surface area (Å²) in [6, 6.07) is 17.0. The Bertz CT molecular complexity index is 1090. The van der Waals surface area contributed by atoms with Crippen LogP contribution in [0, 0.1) is 12.7 Å². The fourth-order valence-electron chi connectivity index (χ4n) is 2.72. The molecule has 5 nitrogen and oxygen atoms in total. The zero-order valence-corrected chi connectivity index (χ0v) is 14.0. The Morgan fingerprint density at radius 2 is 1.73 bits per heavy atom. The number of amides is 1. The largest absolute Gasteiger partial charge is 0.322 e. The first-order valence-corrected chi connectivity index (χ1v) is 8.09.